The van der Waals surface area contributed by atoms with Crippen LogP contribution in [0.2, 0.25) is 0 Å². The van der Waals surface area contributed by atoms with Crippen molar-refractivity contribution in [2.24, 2.45) is 0 Å². The summed E-state index contributed by atoms with van der Waals surface area (Å²) in [4.78, 5) is 10.2. The summed E-state index contributed by atoms with van der Waals surface area (Å²) in [6.07, 6.45) is 3.05. The minimum atomic E-state index is -0.729. The SMILES string of the molecule is Cl.O=C(O)CC1=CCNCC1. The molecule has 1 aliphatic rings. The first-order valence-corrected chi connectivity index (χ1v) is 3.39. The van der Waals surface area contributed by atoms with Crippen molar-refractivity contribution >= 4 is 18.4 Å². The van der Waals surface area contributed by atoms with Gasteiger partial charge in [-0.25, -0.2) is 0 Å². The van der Waals surface area contributed by atoms with Gasteiger partial charge < -0.3 is 10.4 Å². The fourth-order valence-corrected chi connectivity index (χ4v) is 1.02. The molecule has 0 fully saturated rings. The summed E-state index contributed by atoms with van der Waals surface area (Å²) < 4.78 is 0. The van der Waals surface area contributed by atoms with Crippen molar-refractivity contribution in [3.63, 3.8) is 0 Å². The summed E-state index contributed by atoms with van der Waals surface area (Å²) >= 11 is 0. The highest BCUT2D eigenvalue weighted by Crippen LogP contribution is 2.08. The molecular formula is C7H12ClNO2. The van der Waals surface area contributed by atoms with Gasteiger partial charge in [-0.15, -0.1) is 12.4 Å². The van der Waals surface area contributed by atoms with Crippen LogP contribution in [0.15, 0.2) is 11.6 Å². The molecule has 0 aromatic carbocycles. The fourth-order valence-electron chi connectivity index (χ4n) is 1.02. The van der Waals surface area contributed by atoms with Crippen LogP contribution in [-0.2, 0) is 4.79 Å². The normalized spacial score (nSPS) is 16.5. The van der Waals surface area contributed by atoms with E-state index in [2.05, 4.69) is 5.32 Å². The highest BCUT2D eigenvalue weighted by atomic mass is 35.5. The molecule has 0 aromatic heterocycles. The summed E-state index contributed by atoms with van der Waals surface area (Å²) in [5.74, 6) is -0.729. The molecule has 0 amide bonds. The van der Waals surface area contributed by atoms with E-state index in [9.17, 15) is 4.79 Å². The van der Waals surface area contributed by atoms with Crippen LogP contribution in [0.3, 0.4) is 0 Å². The zero-order valence-corrected chi connectivity index (χ0v) is 6.99. The van der Waals surface area contributed by atoms with E-state index in [1.807, 2.05) is 6.08 Å². The highest BCUT2D eigenvalue weighted by Gasteiger charge is 2.05. The van der Waals surface area contributed by atoms with Crippen LogP contribution in [0.1, 0.15) is 12.8 Å². The van der Waals surface area contributed by atoms with E-state index in [0.717, 1.165) is 25.1 Å². The second-order valence-electron chi connectivity index (χ2n) is 2.39. The first-order chi connectivity index (χ1) is 4.79. The molecule has 0 atom stereocenters. The zero-order chi connectivity index (χ0) is 7.40. The van der Waals surface area contributed by atoms with Crippen molar-refractivity contribution in [1.82, 2.24) is 5.32 Å². The summed E-state index contributed by atoms with van der Waals surface area (Å²) in [7, 11) is 0. The second kappa shape index (κ2) is 5.16. The number of carbonyl (C=O) groups is 1. The van der Waals surface area contributed by atoms with Crippen molar-refractivity contribution in [2.45, 2.75) is 12.8 Å². The first kappa shape index (κ1) is 10.5. The van der Waals surface area contributed by atoms with Gasteiger partial charge in [0.05, 0.1) is 6.42 Å². The monoisotopic (exact) mass is 177 g/mol. The highest BCUT2D eigenvalue weighted by molar-refractivity contribution is 5.85. The molecule has 4 heteroatoms. The molecule has 11 heavy (non-hydrogen) atoms. The molecule has 3 nitrogen and oxygen atoms in total. The molecule has 0 saturated heterocycles. The summed E-state index contributed by atoms with van der Waals surface area (Å²) in [5, 5.41) is 11.5. The smallest absolute Gasteiger partial charge is 0.307 e. The number of aliphatic carboxylic acids is 1. The molecule has 0 bridgehead atoms. The summed E-state index contributed by atoms with van der Waals surface area (Å²) in [5.41, 5.74) is 1.05. The maximum absolute atomic E-state index is 10.2. The topological polar surface area (TPSA) is 49.3 Å². The average Bonchev–Trinajstić information content (AvgIpc) is 1.88. The van der Waals surface area contributed by atoms with Crippen molar-refractivity contribution in [3.05, 3.63) is 11.6 Å². The number of carboxylic acids is 1. The molecule has 64 valence electrons. The third kappa shape index (κ3) is 4.01. The number of hydrogen-bond acceptors (Lipinski definition) is 2. The van der Waals surface area contributed by atoms with Gasteiger partial charge in [-0.3, -0.25) is 4.79 Å². The minimum Gasteiger partial charge on any atom is -0.481 e. The molecule has 0 radical (unpaired) electrons. The van der Waals surface area contributed by atoms with E-state index in [1.54, 1.807) is 0 Å². The standard InChI is InChI=1S/C7H11NO2.ClH/c9-7(10)5-6-1-3-8-4-2-6;/h1,8H,2-5H2,(H,9,10);1H. The van der Waals surface area contributed by atoms with E-state index in [1.165, 1.54) is 0 Å². The van der Waals surface area contributed by atoms with Crippen LogP contribution < -0.4 is 5.32 Å². The van der Waals surface area contributed by atoms with Crippen molar-refractivity contribution in [3.8, 4) is 0 Å². The lowest BCUT2D eigenvalue weighted by Crippen LogP contribution is -2.21. The van der Waals surface area contributed by atoms with Gasteiger partial charge in [-0.2, -0.15) is 0 Å². The molecule has 0 aromatic rings. The van der Waals surface area contributed by atoms with Crippen molar-refractivity contribution in [2.75, 3.05) is 13.1 Å². The molecule has 0 unspecified atom stereocenters. The first-order valence-electron chi connectivity index (χ1n) is 3.39. The van der Waals surface area contributed by atoms with Gasteiger partial charge in [0.1, 0.15) is 0 Å². The van der Waals surface area contributed by atoms with Gasteiger partial charge in [-0.1, -0.05) is 11.6 Å². The van der Waals surface area contributed by atoms with Gasteiger partial charge in [0, 0.05) is 6.54 Å². The number of nitrogens with one attached hydrogen (secondary N) is 1. The lowest BCUT2D eigenvalue weighted by molar-refractivity contribution is -0.136. The molecule has 1 rings (SSSR count). The van der Waals surface area contributed by atoms with Crippen molar-refractivity contribution < 1.29 is 9.90 Å². The van der Waals surface area contributed by atoms with Gasteiger partial charge in [-0.05, 0) is 13.0 Å². The molecule has 2 N–H and O–H groups in total. The van der Waals surface area contributed by atoms with Crippen LogP contribution in [0.5, 0.6) is 0 Å². The molecular weight excluding hydrogens is 166 g/mol. The Kier molecular flexibility index (Phi) is 4.90. The minimum absolute atomic E-state index is 0. The van der Waals surface area contributed by atoms with E-state index < -0.39 is 5.97 Å². The Morgan fingerprint density at radius 2 is 2.45 bits per heavy atom. The number of halogens is 1. The number of hydrogen-bond donors (Lipinski definition) is 2. The Morgan fingerprint density at radius 1 is 1.73 bits per heavy atom. The zero-order valence-electron chi connectivity index (χ0n) is 6.17. The summed E-state index contributed by atoms with van der Waals surface area (Å²) in [6, 6.07) is 0. The molecule has 0 spiro atoms. The predicted molar refractivity (Wildman–Crippen MR) is 45.1 cm³/mol. The number of carboxylic acid groups (broad SMARTS) is 1. The second-order valence-corrected chi connectivity index (χ2v) is 2.39. The van der Waals surface area contributed by atoms with Crippen LogP contribution in [0.4, 0.5) is 0 Å². The largest absolute Gasteiger partial charge is 0.481 e. The van der Waals surface area contributed by atoms with Crippen LogP contribution in [0.25, 0.3) is 0 Å². The van der Waals surface area contributed by atoms with E-state index in [-0.39, 0.29) is 18.8 Å². The Labute approximate surface area is 71.9 Å². The Hall–Kier alpha value is -0.540. The Balaban J connectivity index is 0.000001000. The fraction of sp³-hybridized carbons (Fsp3) is 0.571. The summed E-state index contributed by atoms with van der Waals surface area (Å²) in [6.45, 7) is 1.74. The lowest BCUT2D eigenvalue weighted by atomic mass is 10.1. The maximum Gasteiger partial charge on any atom is 0.307 e. The third-order valence-corrected chi connectivity index (χ3v) is 1.54. The maximum atomic E-state index is 10.2. The van der Waals surface area contributed by atoms with E-state index >= 15 is 0 Å². The van der Waals surface area contributed by atoms with Crippen molar-refractivity contribution in [1.29, 1.82) is 0 Å². The number of rotatable bonds is 2. The van der Waals surface area contributed by atoms with Gasteiger partial charge in [0.25, 0.3) is 0 Å². The van der Waals surface area contributed by atoms with Crippen LogP contribution in [0, 0.1) is 0 Å². The van der Waals surface area contributed by atoms with E-state index in [0.29, 0.717) is 0 Å². The van der Waals surface area contributed by atoms with E-state index in [4.69, 9.17) is 5.11 Å². The molecule has 1 aliphatic heterocycles. The molecule has 0 aliphatic carbocycles. The molecule has 1 heterocycles. The quantitative estimate of drug-likeness (QED) is 0.614. The van der Waals surface area contributed by atoms with Gasteiger partial charge in [0.2, 0.25) is 0 Å². The Morgan fingerprint density at radius 3 is 2.91 bits per heavy atom. The van der Waals surface area contributed by atoms with Crippen LogP contribution in [-0.4, -0.2) is 24.2 Å². The molecule has 0 saturated carbocycles. The van der Waals surface area contributed by atoms with Gasteiger partial charge >= 0.3 is 5.97 Å². The third-order valence-electron chi connectivity index (χ3n) is 1.54. The Bertz CT molecular complexity index is 168. The lowest BCUT2D eigenvalue weighted by Gasteiger charge is -2.11. The predicted octanol–water partition coefficient (Wildman–Crippen LogP) is 0.803. The van der Waals surface area contributed by atoms with Gasteiger partial charge in [0.15, 0.2) is 0 Å². The average molecular weight is 178 g/mol. The van der Waals surface area contributed by atoms with Crippen LogP contribution >= 0.6 is 12.4 Å².